The average Bonchev–Trinajstić information content (AvgIpc) is 3.35. The summed E-state index contributed by atoms with van der Waals surface area (Å²) in [5.41, 5.74) is 1.07. The van der Waals surface area contributed by atoms with Gasteiger partial charge in [-0.05, 0) is 43.2 Å². The first-order chi connectivity index (χ1) is 15.9. The first kappa shape index (κ1) is 21.2. The Morgan fingerprint density at radius 2 is 1.97 bits per heavy atom. The molecule has 5 rings (SSSR count). The molecule has 9 heteroatoms. The zero-order valence-corrected chi connectivity index (χ0v) is 18.7. The van der Waals surface area contributed by atoms with Crippen molar-refractivity contribution in [2.24, 2.45) is 0 Å². The fraction of sp³-hybridized carbons (Fsp3) is 0.250. The molecule has 2 aromatic carbocycles. The molecule has 1 saturated heterocycles. The Hall–Kier alpha value is -3.65. The van der Waals surface area contributed by atoms with E-state index in [-0.39, 0.29) is 24.3 Å². The number of hydrogen-bond donors (Lipinski definition) is 1. The predicted octanol–water partition coefficient (Wildman–Crippen LogP) is 3.52. The van der Waals surface area contributed by atoms with Gasteiger partial charge in [-0.15, -0.1) is 0 Å². The van der Waals surface area contributed by atoms with Crippen LogP contribution in [0, 0.1) is 0 Å². The summed E-state index contributed by atoms with van der Waals surface area (Å²) in [6, 6.07) is 16.1. The van der Waals surface area contributed by atoms with Gasteiger partial charge >= 0.3 is 0 Å². The van der Waals surface area contributed by atoms with Crippen LogP contribution < -0.4 is 10.2 Å². The molecule has 0 bridgehead atoms. The monoisotopic (exact) mass is 463 g/mol. The lowest BCUT2D eigenvalue weighted by molar-refractivity contribution is -0.120. The molecule has 8 nitrogen and oxygen atoms in total. The van der Waals surface area contributed by atoms with Gasteiger partial charge < -0.3 is 10.2 Å². The number of aromatic nitrogens is 2. The molecule has 1 unspecified atom stereocenters. The molecule has 2 aliphatic rings. The molecule has 3 amide bonds. The summed E-state index contributed by atoms with van der Waals surface area (Å²) in [6.07, 6.45) is 2.38. The summed E-state index contributed by atoms with van der Waals surface area (Å²) in [6.45, 7) is 2.08. The third-order valence-corrected chi connectivity index (χ3v) is 6.49. The van der Waals surface area contributed by atoms with E-state index in [0.29, 0.717) is 41.5 Å². The Morgan fingerprint density at radius 1 is 1.15 bits per heavy atom. The number of amides is 3. The van der Waals surface area contributed by atoms with E-state index in [4.69, 9.17) is 11.6 Å². The molecule has 1 N–H and O–H groups in total. The van der Waals surface area contributed by atoms with Crippen molar-refractivity contribution in [3.63, 3.8) is 0 Å². The molecule has 1 aromatic heterocycles. The van der Waals surface area contributed by atoms with Crippen LogP contribution in [0.4, 0.5) is 11.5 Å². The predicted molar refractivity (Wildman–Crippen MR) is 124 cm³/mol. The van der Waals surface area contributed by atoms with Crippen molar-refractivity contribution in [2.45, 2.75) is 32.0 Å². The maximum Gasteiger partial charge on any atom is 0.258 e. The van der Waals surface area contributed by atoms with Crippen LogP contribution in [0.5, 0.6) is 0 Å². The fourth-order valence-electron chi connectivity index (χ4n) is 4.64. The lowest BCUT2D eigenvalue weighted by atomic mass is 9.98. The van der Waals surface area contributed by atoms with E-state index >= 15 is 0 Å². The molecular weight excluding hydrogens is 442 g/mol. The molecule has 33 heavy (non-hydrogen) atoms. The van der Waals surface area contributed by atoms with Gasteiger partial charge in [-0.25, -0.2) is 4.68 Å². The molecule has 3 heterocycles. The van der Waals surface area contributed by atoms with Crippen molar-refractivity contribution >= 4 is 40.8 Å². The van der Waals surface area contributed by atoms with E-state index < -0.39 is 5.66 Å². The van der Waals surface area contributed by atoms with Crippen LogP contribution in [-0.4, -0.2) is 44.6 Å². The number of nitrogens with one attached hydrogen (secondary N) is 1. The first-order valence-electron chi connectivity index (χ1n) is 10.7. The van der Waals surface area contributed by atoms with Crippen molar-refractivity contribution < 1.29 is 14.4 Å². The van der Waals surface area contributed by atoms with Gasteiger partial charge in [0.25, 0.3) is 5.91 Å². The van der Waals surface area contributed by atoms with Gasteiger partial charge in [0.1, 0.15) is 18.0 Å². The Bertz CT molecular complexity index is 1270. The van der Waals surface area contributed by atoms with Crippen molar-refractivity contribution in [1.29, 1.82) is 0 Å². The molecule has 3 aromatic rings. The molecule has 0 spiro atoms. The van der Waals surface area contributed by atoms with Crippen molar-refractivity contribution in [2.75, 3.05) is 16.8 Å². The number of anilines is 2. The maximum absolute atomic E-state index is 13.3. The summed E-state index contributed by atoms with van der Waals surface area (Å²) in [7, 11) is 0. The number of benzene rings is 2. The van der Waals surface area contributed by atoms with Gasteiger partial charge in [-0.3, -0.25) is 19.3 Å². The van der Waals surface area contributed by atoms with E-state index in [9.17, 15) is 14.4 Å². The van der Waals surface area contributed by atoms with Gasteiger partial charge in [-0.2, -0.15) is 5.10 Å². The van der Waals surface area contributed by atoms with E-state index in [1.165, 1.54) is 4.90 Å². The number of carbonyl (C=O) groups excluding carboxylic acids is 3. The van der Waals surface area contributed by atoms with Gasteiger partial charge in [0.15, 0.2) is 0 Å². The smallest absolute Gasteiger partial charge is 0.258 e. The second-order valence-electron chi connectivity index (χ2n) is 8.41. The largest absolute Gasteiger partial charge is 0.309 e. The van der Waals surface area contributed by atoms with Gasteiger partial charge in [-0.1, -0.05) is 35.9 Å². The Morgan fingerprint density at radius 3 is 2.79 bits per heavy atom. The molecule has 1 fully saturated rings. The minimum absolute atomic E-state index is 0.0533. The highest BCUT2D eigenvalue weighted by atomic mass is 35.5. The number of rotatable bonds is 5. The normalized spacial score (nSPS) is 19.5. The highest BCUT2D eigenvalue weighted by Crippen LogP contribution is 2.43. The fourth-order valence-corrected chi connectivity index (χ4v) is 4.85. The number of nitrogens with zero attached hydrogens (tertiary/aromatic N) is 4. The highest BCUT2D eigenvalue weighted by Gasteiger charge is 2.53. The van der Waals surface area contributed by atoms with Crippen molar-refractivity contribution in [3.05, 3.63) is 76.9 Å². The van der Waals surface area contributed by atoms with E-state index in [2.05, 4.69) is 10.4 Å². The zero-order valence-electron chi connectivity index (χ0n) is 18.0. The van der Waals surface area contributed by atoms with E-state index in [1.54, 1.807) is 46.1 Å². The molecule has 0 radical (unpaired) electrons. The summed E-state index contributed by atoms with van der Waals surface area (Å²) >= 11 is 6.07. The number of fused-ring (bicyclic) bond motifs is 3. The summed E-state index contributed by atoms with van der Waals surface area (Å²) in [5, 5.41) is 7.77. The molecular formula is C24H22ClN5O3. The topological polar surface area (TPSA) is 87.5 Å². The van der Waals surface area contributed by atoms with Gasteiger partial charge in [0.05, 0.1) is 24.0 Å². The van der Waals surface area contributed by atoms with E-state index in [1.807, 2.05) is 31.2 Å². The molecule has 168 valence electrons. The van der Waals surface area contributed by atoms with Crippen LogP contribution in [-0.2, 0) is 16.1 Å². The van der Waals surface area contributed by atoms with Crippen LogP contribution >= 0.6 is 11.6 Å². The second-order valence-corrected chi connectivity index (χ2v) is 8.84. The van der Waals surface area contributed by atoms with Crippen LogP contribution in [0.25, 0.3) is 0 Å². The number of halogens is 1. The Kier molecular flexibility index (Phi) is 5.17. The first-order valence-corrected chi connectivity index (χ1v) is 11.0. The van der Waals surface area contributed by atoms with Crippen LogP contribution in [0.2, 0.25) is 5.02 Å². The molecule has 0 saturated carbocycles. The van der Waals surface area contributed by atoms with Crippen LogP contribution in [0.15, 0.2) is 60.8 Å². The number of para-hydroxylation sites is 1. The third-order valence-electron chi connectivity index (χ3n) is 6.25. The van der Waals surface area contributed by atoms with E-state index in [0.717, 1.165) is 5.56 Å². The molecule has 0 aliphatic carbocycles. The maximum atomic E-state index is 13.3. The highest BCUT2D eigenvalue weighted by molar-refractivity contribution is 6.30. The van der Waals surface area contributed by atoms with Crippen molar-refractivity contribution in [3.8, 4) is 0 Å². The molecule has 2 aliphatic heterocycles. The minimum Gasteiger partial charge on any atom is -0.309 e. The average molecular weight is 464 g/mol. The SMILES string of the molecule is CC12CCC(=O)N1c1ccccc1C(=O)N2CC(=O)Nc1ccnn1Cc1cccc(Cl)c1. The van der Waals surface area contributed by atoms with Crippen molar-refractivity contribution in [1.82, 2.24) is 14.7 Å². The number of carbonyl (C=O) groups is 3. The summed E-state index contributed by atoms with van der Waals surface area (Å²) in [5.74, 6) is -0.172. The van der Waals surface area contributed by atoms with Gasteiger partial charge in [0.2, 0.25) is 11.8 Å². The number of hydrogen-bond acceptors (Lipinski definition) is 4. The van der Waals surface area contributed by atoms with Crippen LogP contribution in [0.3, 0.4) is 0 Å². The summed E-state index contributed by atoms with van der Waals surface area (Å²) in [4.78, 5) is 42.2. The lowest BCUT2D eigenvalue weighted by Crippen LogP contribution is -2.63. The Balaban J connectivity index is 1.37. The zero-order chi connectivity index (χ0) is 23.2. The third kappa shape index (κ3) is 3.66. The van der Waals surface area contributed by atoms with Crippen LogP contribution in [0.1, 0.15) is 35.7 Å². The lowest BCUT2D eigenvalue weighted by Gasteiger charge is -2.48. The van der Waals surface area contributed by atoms with Gasteiger partial charge in [0, 0.05) is 17.5 Å². The summed E-state index contributed by atoms with van der Waals surface area (Å²) < 4.78 is 1.66. The standard InChI is InChI=1S/C24H22ClN5O3/c1-24-11-9-22(32)30(24)19-8-3-2-7-18(19)23(33)28(24)15-21(31)27-20-10-12-26-29(20)14-16-5-4-6-17(25)13-16/h2-8,10,12-13H,9,11,14-15H2,1H3,(H,27,31). The quantitative estimate of drug-likeness (QED) is 0.627. The second kappa shape index (κ2) is 8.04. The molecule has 1 atom stereocenters. The minimum atomic E-state index is -0.888. The Labute approximate surface area is 195 Å².